The average molecular weight is 255 g/mol. The molecule has 2 saturated heterocycles. The number of unbranched alkanes of at least 4 members (excludes halogenated alkanes) is 1. The van der Waals surface area contributed by atoms with Crippen LogP contribution in [0.1, 0.15) is 19.8 Å². The van der Waals surface area contributed by atoms with Gasteiger partial charge in [-0.25, -0.2) is 0 Å². The molecule has 2 heterocycles. The fourth-order valence-electron chi connectivity index (χ4n) is 2.38. The number of hydrogen-bond donors (Lipinski definition) is 1. The Labute approximate surface area is 109 Å². The first-order valence-electron chi connectivity index (χ1n) is 7.12. The Morgan fingerprint density at radius 3 is 2.56 bits per heavy atom. The van der Waals surface area contributed by atoms with Crippen LogP contribution in [0.15, 0.2) is 0 Å². The highest BCUT2D eigenvalue weighted by Crippen LogP contribution is 2.09. The SMILES string of the molecule is CCCCOC(=O)CN1CCN(C2CNC2)CC1. The molecule has 2 rings (SSSR count). The highest BCUT2D eigenvalue weighted by atomic mass is 16.5. The Balaban J connectivity index is 1.59. The summed E-state index contributed by atoms with van der Waals surface area (Å²) in [7, 11) is 0. The van der Waals surface area contributed by atoms with Gasteiger partial charge in [0, 0.05) is 45.3 Å². The largest absolute Gasteiger partial charge is 0.465 e. The van der Waals surface area contributed by atoms with Gasteiger partial charge >= 0.3 is 5.97 Å². The first-order valence-corrected chi connectivity index (χ1v) is 7.12. The zero-order chi connectivity index (χ0) is 12.8. The van der Waals surface area contributed by atoms with E-state index in [2.05, 4.69) is 22.0 Å². The van der Waals surface area contributed by atoms with Gasteiger partial charge in [0.1, 0.15) is 0 Å². The van der Waals surface area contributed by atoms with Gasteiger partial charge in [0.15, 0.2) is 0 Å². The van der Waals surface area contributed by atoms with Gasteiger partial charge < -0.3 is 10.1 Å². The minimum absolute atomic E-state index is 0.0674. The minimum atomic E-state index is -0.0674. The molecule has 0 aromatic heterocycles. The second-order valence-corrected chi connectivity index (χ2v) is 5.20. The van der Waals surface area contributed by atoms with Gasteiger partial charge in [-0.2, -0.15) is 0 Å². The molecule has 5 nitrogen and oxygen atoms in total. The zero-order valence-corrected chi connectivity index (χ0v) is 11.4. The monoisotopic (exact) mass is 255 g/mol. The number of nitrogens with one attached hydrogen (secondary N) is 1. The van der Waals surface area contributed by atoms with Gasteiger partial charge in [0.25, 0.3) is 0 Å². The van der Waals surface area contributed by atoms with Crippen molar-refractivity contribution in [2.45, 2.75) is 25.8 Å². The van der Waals surface area contributed by atoms with E-state index >= 15 is 0 Å². The van der Waals surface area contributed by atoms with Crippen molar-refractivity contribution in [2.75, 3.05) is 52.4 Å². The summed E-state index contributed by atoms with van der Waals surface area (Å²) in [5.74, 6) is -0.0674. The van der Waals surface area contributed by atoms with Crippen LogP contribution in [0.5, 0.6) is 0 Å². The van der Waals surface area contributed by atoms with Gasteiger partial charge in [-0.1, -0.05) is 13.3 Å². The Morgan fingerprint density at radius 1 is 1.28 bits per heavy atom. The van der Waals surface area contributed by atoms with Crippen LogP contribution in [0, 0.1) is 0 Å². The maximum Gasteiger partial charge on any atom is 0.320 e. The van der Waals surface area contributed by atoms with Crippen LogP contribution in [0.2, 0.25) is 0 Å². The van der Waals surface area contributed by atoms with Crippen molar-refractivity contribution in [1.82, 2.24) is 15.1 Å². The summed E-state index contributed by atoms with van der Waals surface area (Å²) in [4.78, 5) is 16.3. The number of piperazine rings is 1. The van der Waals surface area contributed by atoms with Gasteiger partial charge in [-0.05, 0) is 6.42 Å². The van der Waals surface area contributed by atoms with Gasteiger partial charge in [-0.15, -0.1) is 0 Å². The number of hydrogen-bond acceptors (Lipinski definition) is 5. The van der Waals surface area contributed by atoms with E-state index in [1.807, 2.05) is 0 Å². The zero-order valence-electron chi connectivity index (χ0n) is 11.4. The summed E-state index contributed by atoms with van der Waals surface area (Å²) in [5, 5.41) is 3.30. The quantitative estimate of drug-likeness (QED) is 0.531. The first-order chi connectivity index (χ1) is 8.79. The number of esters is 1. The van der Waals surface area contributed by atoms with Crippen LogP contribution < -0.4 is 5.32 Å². The van der Waals surface area contributed by atoms with Crippen molar-refractivity contribution < 1.29 is 9.53 Å². The molecule has 18 heavy (non-hydrogen) atoms. The van der Waals surface area contributed by atoms with E-state index in [9.17, 15) is 4.79 Å². The van der Waals surface area contributed by atoms with Crippen molar-refractivity contribution in [2.24, 2.45) is 0 Å². The predicted molar refractivity (Wildman–Crippen MR) is 70.5 cm³/mol. The van der Waals surface area contributed by atoms with Gasteiger partial charge in [-0.3, -0.25) is 14.6 Å². The maximum absolute atomic E-state index is 11.6. The van der Waals surface area contributed by atoms with E-state index in [-0.39, 0.29) is 5.97 Å². The second kappa shape index (κ2) is 7.07. The lowest BCUT2D eigenvalue weighted by Crippen LogP contribution is -2.61. The van der Waals surface area contributed by atoms with Gasteiger partial charge in [0.05, 0.1) is 13.2 Å². The van der Waals surface area contributed by atoms with Crippen LogP contribution in [0.25, 0.3) is 0 Å². The lowest BCUT2D eigenvalue weighted by Gasteiger charge is -2.43. The minimum Gasteiger partial charge on any atom is -0.465 e. The normalized spacial score (nSPS) is 22.7. The first kappa shape index (κ1) is 13.8. The van der Waals surface area contributed by atoms with Crippen LogP contribution in [0.3, 0.4) is 0 Å². The number of carbonyl (C=O) groups excluding carboxylic acids is 1. The third-order valence-corrected chi connectivity index (χ3v) is 3.80. The Hall–Kier alpha value is -0.650. The topological polar surface area (TPSA) is 44.8 Å². The lowest BCUT2D eigenvalue weighted by molar-refractivity contribution is -0.145. The van der Waals surface area contributed by atoms with E-state index in [0.717, 1.165) is 58.2 Å². The molecule has 0 radical (unpaired) electrons. The molecule has 104 valence electrons. The molecular weight excluding hydrogens is 230 g/mol. The highest BCUT2D eigenvalue weighted by Gasteiger charge is 2.28. The Kier molecular flexibility index (Phi) is 5.41. The third kappa shape index (κ3) is 3.93. The summed E-state index contributed by atoms with van der Waals surface area (Å²) in [5.41, 5.74) is 0. The van der Waals surface area contributed by atoms with Crippen LogP contribution in [-0.2, 0) is 9.53 Å². The molecule has 1 N–H and O–H groups in total. The summed E-state index contributed by atoms with van der Waals surface area (Å²) < 4.78 is 5.19. The summed E-state index contributed by atoms with van der Waals surface area (Å²) in [6.07, 6.45) is 2.04. The van der Waals surface area contributed by atoms with Crippen LogP contribution in [-0.4, -0.2) is 74.2 Å². The molecular formula is C13H25N3O2. The molecule has 0 atom stereocenters. The Bertz CT molecular complexity index is 261. The van der Waals surface area contributed by atoms with Crippen molar-refractivity contribution in [3.05, 3.63) is 0 Å². The fraction of sp³-hybridized carbons (Fsp3) is 0.923. The smallest absolute Gasteiger partial charge is 0.320 e. The molecule has 2 aliphatic heterocycles. The summed E-state index contributed by atoms with van der Waals surface area (Å²) in [6.45, 7) is 9.51. The van der Waals surface area contributed by atoms with E-state index in [1.165, 1.54) is 0 Å². The standard InChI is InChI=1S/C13H25N3O2/c1-2-3-8-18-13(17)11-15-4-6-16(7-5-15)12-9-14-10-12/h12,14H,2-11H2,1H3. The predicted octanol–water partition coefficient (Wildman–Crippen LogP) is -0.0809. The third-order valence-electron chi connectivity index (χ3n) is 3.80. The van der Waals surface area contributed by atoms with Crippen molar-refractivity contribution >= 4 is 5.97 Å². The molecule has 0 aromatic rings. The van der Waals surface area contributed by atoms with Crippen molar-refractivity contribution in [3.8, 4) is 0 Å². The van der Waals surface area contributed by atoms with E-state index in [0.29, 0.717) is 13.2 Å². The van der Waals surface area contributed by atoms with E-state index < -0.39 is 0 Å². The molecule has 0 bridgehead atoms. The van der Waals surface area contributed by atoms with Crippen molar-refractivity contribution in [1.29, 1.82) is 0 Å². The molecule has 0 amide bonds. The average Bonchev–Trinajstić information content (AvgIpc) is 2.30. The molecule has 0 spiro atoms. The number of carbonyl (C=O) groups is 1. The van der Waals surface area contributed by atoms with Gasteiger partial charge in [0.2, 0.25) is 0 Å². The molecule has 0 aromatic carbocycles. The molecule has 2 aliphatic rings. The highest BCUT2D eigenvalue weighted by molar-refractivity contribution is 5.71. The van der Waals surface area contributed by atoms with Crippen LogP contribution in [0.4, 0.5) is 0 Å². The Morgan fingerprint density at radius 2 is 2.00 bits per heavy atom. The van der Waals surface area contributed by atoms with Crippen LogP contribution >= 0.6 is 0 Å². The number of rotatable bonds is 6. The molecule has 0 saturated carbocycles. The second-order valence-electron chi connectivity index (χ2n) is 5.20. The molecule has 0 aliphatic carbocycles. The lowest BCUT2D eigenvalue weighted by atomic mass is 10.1. The number of ether oxygens (including phenoxy) is 1. The number of nitrogens with zero attached hydrogens (tertiary/aromatic N) is 2. The maximum atomic E-state index is 11.6. The molecule has 5 heteroatoms. The van der Waals surface area contributed by atoms with Crippen molar-refractivity contribution in [3.63, 3.8) is 0 Å². The fourth-order valence-corrected chi connectivity index (χ4v) is 2.38. The molecule has 0 unspecified atom stereocenters. The molecule has 2 fully saturated rings. The summed E-state index contributed by atoms with van der Waals surface area (Å²) >= 11 is 0. The van der Waals surface area contributed by atoms with E-state index in [1.54, 1.807) is 0 Å². The van der Waals surface area contributed by atoms with E-state index in [4.69, 9.17) is 4.74 Å². The summed E-state index contributed by atoms with van der Waals surface area (Å²) in [6, 6.07) is 0.726.